The maximum atomic E-state index is 11.9. The fourth-order valence-electron chi connectivity index (χ4n) is 3.19. The lowest BCUT2D eigenvalue weighted by Gasteiger charge is -2.26. The second-order valence-electron chi connectivity index (χ2n) is 6.70. The average Bonchev–Trinajstić information content (AvgIpc) is 3.14. The SMILES string of the molecule is CN=C(NCC(C)Cn1cccn1)NCC1CC(=O)Nc2ccccc21.I. The second-order valence-corrected chi connectivity index (χ2v) is 6.70. The molecule has 0 aliphatic carbocycles. The molecule has 146 valence electrons. The summed E-state index contributed by atoms with van der Waals surface area (Å²) in [5.74, 6) is 1.36. The fraction of sp³-hybridized carbons (Fsp3) is 0.421. The van der Waals surface area contributed by atoms with Crippen molar-refractivity contribution in [1.29, 1.82) is 0 Å². The number of guanidine groups is 1. The number of aliphatic imine (C=N–C) groups is 1. The van der Waals surface area contributed by atoms with Gasteiger partial charge in [-0.05, 0) is 23.6 Å². The monoisotopic (exact) mass is 482 g/mol. The van der Waals surface area contributed by atoms with E-state index in [1.165, 1.54) is 5.56 Å². The van der Waals surface area contributed by atoms with Crippen molar-refractivity contribution in [3.63, 3.8) is 0 Å². The van der Waals surface area contributed by atoms with E-state index >= 15 is 0 Å². The van der Waals surface area contributed by atoms with Gasteiger partial charge in [-0.25, -0.2) is 0 Å². The van der Waals surface area contributed by atoms with Crippen LogP contribution < -0.4 is 16.0 Å². The van der Waals surface area contributed by atoms with Crippen molar-refractivity contribution in [2.45, 2.75) is 25.8 Å². The van der Waals surface area contributed by atoms with Gasteiger partial charge in [0.2, 0.25) is 5.91 Å². The number of nitrogens with zero attached hydrogens (tertiary/aromatic N) is 3. The third-order valence-corrected chi connectivity index (χ3v) is 4.52. The van der Waals surface area contributed by atoms with Crippen LogP contribution in [0.5, 0.6) is 0 Å². The van der Waals surface area contributed by atoms with Crippen molar-refractivity contribution in [1.82, 2.24) is 20.4 Å². The van der Waals surface area contributed by atoms with Crippen LogP contribution in [0.25, 0.3) is 0 Å². The van der Waals surface area contributed by atoms with Gasteiger partial charge in [0.15, 0.2) is 5.96 Å². The van der Waals surface area contributed by atoms with Gasteiger partial charge in [0.25, 0.3) is 0 Å². The molecule has 0 spiro atoms. The number of hydrogen-bond acceptors (Lipinski definition) is 3. The van der Waals surface area contributed by atoms with E-state index in [9.17, 15) is 4.79 Å². The number of carbonyl (C=O) groups is 1. The van der Waals surface area contributed by atoms with Crippen molar-refractivity contribution >= 4 is 41.5 Å². The number of aromatic nitrogens is 2. The maximum absolute atomic E-state index is 11.9. The van der Waals surface area contributed by atoms with Crippen molar-refractivity contribution < 1.29 is 4.79 Å². The Kier molecular flexibility index (Phi) is 8.08. The molecule has 2 heterocycles. The largest absolute Gasteiger partial charge is 0.356 e. The van der Waals surface area contributed by atoms with E-state index in [2.05, 4.69) is 39.0 Å². The number of rotatable bonds is 6. The summed E-state index contributed by atoms with van der Waals surface area (Å²) < 4.78 is 1.93. The van der Waals surface area contributed by atoms with Crippen LogP contribution in [0.1, 0.15) is 24.8 Å². The number of fused-ring (bicyclic) bond motifs is 1. The lowest BCUT2D eigenvalue weighted by molar-refractivity contribution is -0.116. The summed E-state index contributed by atoms with van der Waals surface area (Å²) in [4.78, 5) is 16.2. The number of halogens is 1. The molecule has 7 nitrogen and oxygen atoms in total. The third kappa shape index (κ3) is 5.95. The zero-order valence-electron chi connectivity index (χ0n) is 15.7. The molecule has 1 amide bonds. The summed E-state index contributed by atoms with van der Waals surface area (Å²) in [5, 5.41) is 13.9. The zero-order valence-corrected chi connectivity index (χ0v) is 18.0. The van der Waals surface area contributed by atoms with Gasteiger partial charge >= 0.3 is 0 Å². The number of hydrogen-bond donors (Lipinski definition) is 3. The van der Waals surface area contributed by atoms with Crippen molar-refractivity contribution in [2.75, 3.05) is 25.5 Å². The molecule has 27 heavy (non-hydrogen) atoms. The molecule has 2 unspecified atom stereocenters. The van der Waals surface area contributed by atoms with Crippen LogP contribution in [0.4, 0.5) is 5.69 Å². The zero-order chi connectivity index (χ0) is 18.4. The molecule has 0 saturated heterocycles. The van der Waals surface area contributed by atoms with Crippen LogP contribution in [0.2, 0.25) is 0 Å². The highest BCUT2D eigenvalue weighted by molar-refractivity contribution is 14.0. The first-order chi connectivity index (χ1) is 12.7. The first-order valence-corrected chi connectivity index (χ1v) is 8.96. The van der Waals surface area contributed by atoms with Crippen LogP contribution >= 0.6 is 24.0 Å². The molecule has 1 aromatic heterocycles. The molecule has 2 aromatic rings. The minimum absolute atomic E-state index is 0. The van der Waals surface area contributed by atoms with E-state index in [1.807, 2.05) is 35.1 Å². The van der Waals surface area contributed by atoms with E-state index in [4.69, 9.17) is 0 Å². The van der Waals surface area contributed by atoms with E-state index in [0.717, 1.165) is 24.7 Å². The van der Waals surface area contributed by atoms with Gasteiger partial charge in [-0.2, -0.15) is 5.10 Å². The predicted molar refractivity (Wildman–Crippen MR) is 119 cm³/mol. The molecule has 1 aromatic carbocycles. The molecule has 3 rings (SSSR count). The summed E-state index contributed by atoms with van der Waals surface area (Å²) in [7, 11) is 1.76. The van der Waals surface area contributed by atoms with Crippen LogP contribution in [0.15, 0.2) is 47.7 Å². The Balaban J connectivity index is 0.00000261. The van der Waals surface area contributed by atoms with E-state index in [0.29, 0.717) is 18.9 Å². The summed E-state index contributed by atoms with van der Waals surface area (Å²) in [6.07, 6.45) is 4.24. The van der Waals surface area contributed by atoms with Gasteiger partial charge < -0.3 is 16.0 Å². The lowest BCUT2D eigenvalue weighted by Crippen LogP contribution is -2.42. The number of para-hydroxylation sites is 1. The smallest absolute Gasteiger partial charge is 0.225 e. The molecule has 0 bridgehead atoms. The van der Waals surface area contributed by atoms with E-state index in [-0.39, 0.29) is 35.8 Å². The minimum Gasteiger partial charge on any atom is -0.356 e. The van der Waals surface area contributed by atoms with Gasteiger partial charge in [0.1, 0.15) is 0 Å². The van der Waals surface area contributed by atoms with E-state index in [1.54, 1.807) is 13.2 Å². The Morgan fingerprint density at radius 2 is 2.19 bits per heavy atom. The predicted octanol–water partition coefficient (Wildman–Crippen LogP) is 2.43. The number of benzene rings is 1. The quantitative estimate of drug-likeness (QED) is 0.336. The van der Waals surface area contributed by atoms with Crippen LogP contribution in [-0.2, 0) is 11.3 Å². The van der Waals surface area contributed by atoms with Gasteiger partial charge in [-0.15, -0.1) is 24.0 Å². The average molecular weight is 482 g/mol. The van der Waals surface area contributed by atoms with Crippen LogP contribution in [0.3, 0.4) is 0 Å². The summed E-state index contributed by atoms with van der Waals surface area (Å²) in [6.45, 7) is 4.48. The molecule has 3 N–H and O–H groups in total. The first kappa shape index (κ1) is 21.2. The van der Waals surface area contributed by atoms with Gasteiger partial charge in [-0.1, -0.05) is 25.1 Å². The molecular weight excluding hydrogens is 455 g/mol. The molecule has 8 heteroatoms. The molecule has 0 saturated carbocycles. The van der Waals surface area contributed by atoms with E-state index < -0.39 is 0 Å². The van der Waals surface area contributed by atoms with Gasteiger partial charge in [0.05, 0.1) is 0 Å². The second kappa shape index (κ2) is 10.3. The van der Waals surface area contributed by atoms with Crippen molar-refractivity contribution in [2.24, 2.45) is 10.9 Å². The van der Waals surface area contributed by atoms with Crippen molar-refractivity contribution in [3.05, 3.63) is 48.3 Å². The first-order valence-electron chi connectivity index (χ1n) is 8.96. The summed E-state index contributed by atoms with van der Waals surface area (Å²) >= 11 is 0. The highest BCUT2D eigenvalue weighted by Gasteiger charge is 2.24. The summed E-state index contributed by atoms with van der Waals surface area (Å²) in [5.41, 5.74) is 2.08. The molecule has 2 atom stereocenters. The highest BCUT2D eigenvalue weighted by Crippen LogP contribution is 2.31. The van der Waals surface area contributed by atoms with Crippen LogP contribution in [0, 0.1) is 5.92 Å². The Bertz CT molecular complexity index is 761. The maximum Gasteiger partial charge on any atom is 0.225 e. The summed E-state index contributed by atoms with van der Waals surface area (Å²) in [6, 6.07) is 9.90. The number of nitrogens with one attached hydrogen (secondary N) is 3. The van der Waals surface area contributed by atoms with Gasteiger partial charge in [-0.3, -0.25) is 14.5 Å². The third-order valence-electron chi connectivity index (χ3n) is 4.52. The Morgan fingerprint density at radius 3 is 2.93 bits per heavy atom. The molecular formula is C19H27IN6O. The highest BCUT2D eigenvalue weighted by atomic mass is 127. The Morgan fingerprint density at radius 1 is 1.37 bits per heavy atom. The Labute approximate surface area is 177 Å². The fourth-order valence-corrected chi connectivity index (χ4v) is 3.19. The van der Waals surface area contributed by atoms with Gasteiger partial charge in [0, 0.05) is 57.1 Å². The lowest BCUT2D eigenvalue weighted by atomic mass is 9.90. The molecule has 1 aliphatic heterocycles. The minimum atomic E-state index is 0. The number of anilines is 1. The molecule has 0 fully saturated rings. The van der Waals surface area contributed by atoms with Crippen molar-refractivity contribution in [3.8, 4) is 0 Å². The Hall–Kier alpha value is -2.10. The molecule has 1 aliphatic rings. The van der Waals surface area contributed by atoms with Crippen LogP contribution in [-0.4, -0.2) is 41.8 Å². The number of amides is 1. The molecule has 0 radical (unpaired) electrons. The normalized spacial score (nSPS) is 17.3. The topological polar surface area (TPSA) is 83.3 Å². The number of carbonyl (C=O) groups excluding carboxylic acids is 1. The standard InChI is InChI=1S/C19H26N6O.HI/c1-14(13-25-9-5-8-23-25)11-21-19(20-2)22-12-15-10-18(26)24-17-7-4-3-6-16(15)17;/h3-9,14-15H,10-13H2,1-2H3,(H,24,26)(H2,20,21,22);1H.